The van der Waals surface area contributed by atoms with E-state index < -0.39 is 6.04 Å². The lowest BCUT2D eigenvalue weighted by Crippen LogP contribution is -2.30. The molecule has 1 aliphatic heterocycles. The van der Waals surface area contributed by atoms with E-state index in [2.05, 4.69) is 22.9 Å². The molecule has 1 aliphatic rings. The summed E-state index contributed by atoms with van der Waals surface area (Å²) in [6.07, 6.45) is 3.00. The highest BCUT2D eigenvalue weighted by atomic mass is 79.9. The predicted octanol–water partition coefficient (Wildman–Crippen LogP) is 5.91. The average molecular weight is 454 g/mol. The Balaban J connectivity index is 1.96. The monoisotopic (exact) mass is 453 g/mol. The summed E-state index contributed by atoms with van der Waals surface area (Å²) in [5, 5.41) is 0.546. The van der Waals surface area contributed by atoms with Crippen molar-refractivity contribution in [2.75, 3.05) is 6.54 Å². The summed E-state index contributed by atoms with van der Waals surface area (Å²) in [5.41, 5.74) is 3.66. The van der Waals surface area contributed by atoms with Crippen molar-refractivity contribution in [3.63, 3.8) is 0 Å². The molecule has 5 heteroatoms. The number of aryl methyl sites for hydroxylation is 2. The second kappa shape index (κ2) is 7.79. The number of fused-ring (bicyclic) bond motifs is 2. The standard InChI is InChI=1S/C24H24BrNO3/c1-4-5-6-10-26-20(16-8-7-9-17(25)13-16)19-21(27)18-12-14(2)11-15(3)22(18)29-23(19)24(26)28/h7-9,11-13,20H,4-6,10H2,1-3H3. The van der Waals surface area contributed by atoms with Crippen molar-refractivity contribution in [3.8, 4) is 0 Å². The summed E-state index contributed by atoms with van der Waals surface area (Å²) in [4.78, 5) is 28.7. The molecule has 1 atom stereocenters. The van der Waals surface area contributed by atoms with E-state index in [-0.39, 0.29) is 17.1 Å². The molecule has 2 aromatic carbocycles. The first-order valence-corrected chi connectivity index (χ1v) is 10.9. The maximum atomic E-state index is 13.6. The molecule has 0 radical (unpaired) electrons. The van der Waals surface area contributed by atoms with Crippen molar-refractivity contribution in [2.45, 2.75) is 46.1 Å². The van der Waals surface area contributed by atoms with Gasteiger partial charge in [0.25, 0.3) is 5.91 Å². The maximum absolute atomic E-state index is 13.6. The Kier molecular flexibility index (Phi) is 5.34. The molecule has 0 saturated carbocycles. The molecular formula is C24H24BrNO3. The van der Waals surface area contributed by atoms with Crippen LogP contribution in [0, 0.1) is 13.8 Å². The number of hydrogen-bond donors (Lipinski definition) is 0. The minimum absolute atomic E-state index is 0.107. The lowest BCUT2D eigenvalue weighted by Gasteiger charge is -2.25. The highest BCUT2D eigenvalue weighted by Gasteiger charge is 2.42. The number of carbonyl (C=O) groups is 1. The molecule has 4 nitrogen and oxygen atoms in total. The summed E-state index contributed by atoms with van der Waals surface area (Å²) in [5.74, 6) is -0.00372. The van der Waals surface area contributed by atoms with Crippen LogP contribution < -0.4 is 5.43 Å². The molecule has 0 bridgehead atoms. The first-order chi connectivity index (χ1) is 13.9. The van der Waals surface area contributed by atoms with Gasteiger partial charge < -0.3 is 9.32 Å². The topological polar surface area (TPSA) is 50.5 Å². The second-order valence-corrected chi connectivity index (χ2v) is 8.71. The van der Waals surface area contributed by atoms with Crippen LogP contribution >= 0.6 is 15.9 Å². The van der Waals surface area contributed by atoms with Gasteiger partial charge in [-0.25, -0.2) is 0 Å². The zero-order valence-electron chi connectivity index (χ0n) is 16.9. The Hall–Kier alpha value is -2.40. The van der Waals surface area contributed by atoms with Crippen LogP contribution in [0.4, 0.5) is 0 Å². The predicted molar refractivity (Wildman–Crippen MR) is 119 cm³/mol. The van der Waals surface area contributed by atoms with Crippen molar-refractivity contribution < 1.29 is 9.21 Å². The molecule has 1 amide bonds. The fourth-order valence-corrected chi connectivity index (χ4v) is 4.68. The van der Waals surface area contributed by atoms with Gasteiger partial charge in [-0.3, -0.25) is 9.59 Å². The normalized spacial score (nSPS) is 15.9. The highest BCUT2D eigenvalue weighted by Crippen LogP contribution is 2.39. The van der Waals surface area contributed by atoms with Gasteiger partial charge in [-0.1, -0.05) is 53.9 Å². The summed E-state index contributed by atoms with van der Waals surface area (Å²) in [6, 6.07) is 11.2. The largest absolute Gasteiger partial charge is 0.450 e. The molecule has 0 saturated heterocycles. The van der Waals surface area contributed by atoms with E-state index in [9.17, 15) is 9.59 Å². The average Bonchev–Trinajstić information content (AvgIpc) is 2.96. The first kappa shape index (κ1) is 19.9. The van der Waals surface area contributed by atoms with Crippen molar-refractivity contribution in [1.82, 2.24) is 4.90 Å². The third kappa shape index (κ3) is 3.42. The van der Waals surface area contributed by atoms with E-state index in [4.69, 9.17) is 4.42 Å². The molecule has 0 fully saturated rings. The van der Waals surface area contributed by atoms with Crippen LogP contribution in [0.1, 0.15) is 65.0 Å². The molecule has 1 aromatic heterocycles. The van der Waals surface area contributed by atoms with Crippen molar-refractivity contribution >= 4 is 32.8 Å². The smallest absolute Gasteiger partial charge is 0.290 e. The van der Waals surface area contributed by atoms with Gasteiger partial charge in [0.15, 0.2) is 5.43 Å². The van der Waals surface area contributed by atoms with Gasteiger partial charge in [0.05, 0.1) is 17.0 Å². The number of carbonyl (C=O) groups excluding carboxylic acids is 1. The Bertz CT molecular complexity index is 1160. The van der Waals surface area contributed by atoms with E-state index in [0.717, 1.165) is 40.4 Å². The minimum atomic E-state index is -0.423. The zero-order chi connectivity index (χ0) is 20.7. The van der Waals surface area contributed by atoms with E-state index in [0.29, 0.717) is 23.1 Å². The lowest BCUT2D eigenvalue weighted by molar-refractivity contribution is 0.0724. The van der Waals surface area contributed by atoms with E-state index >= 15 is 0 Å². The van der Waals surface area contributed by atoms with Crippen LogP contribution in [-0.4, -0.2) is 17.4 Å². The van der Waals surface area contributed by atoms with Crippen molar-refractivity contribution in [2.24, 2.45) is 0 Å². The molecule has 150 valence electrons. The Labute approximate surface area is 178 Å². The van der Waals surface area contributed by atoms with E-state index in [1.807, 2.05) is 50.2 Å². The van der Waals surface area contributed by atoms with Gasteiger partial charge in [-0.2, -0.15) is 0 Å². The molecule has 4 rings (SSSR count). The van der Waals surface area contributed by atoms with E-state index in [1.165, 1.54) is 0 Å². The zero-order valence-corrected chi connectivity index (χ0v) is 18.5. The molecular weight excluding hydrogens is 430 g/mol. The van der Waals surface area contributed by atoms with Crippen LogP contribution in [0.3, 0.4) is 0 Å². The van der Waals surface area contributed by atoms with Crippen molar-refractivity contribution in [1.29, 1.82) is 0 Å². The number of hydrogen-bond acceptors (Lipinski definition) is 3. The van der Waals surface area contributed by atoms with Crippen LogP contribution in [-0.2, 0) is 0 Å². The maximum Gasteiger partial charge on any atom is 0.290 e. The number of halogens is 1. The first-order valence-electron chi connectivity index (χ1n) is 10.1. The Morgan fingerprint density at radius 1 is 1.10 bits per heavy atom. The molecule has 2 heterocycles. The number of rotatable bonds is 5. The van der Waals surface area contributed by atoms with Crippen LogP contribution in [0.15, 0.2) is 50.1 Å². The minimum Gasteiger partial charge on any atom is -0.450 e. The molecule has 1 unspecified atom stereocenters. The Morgan fingerprint density at radius 3 is 2.62 bits per heavy atom. The van der Waals surface area contributed by atoms with Gasteiger partial charge in [0.1, 0.15) is 5.58 Å². The number of amides is 1. The molecule has 29 heavy (non-hydrogen) atoms. The molecule has 3 aromatic rings. The van der Waals surface area contributed by atoms with Gasteiger partial charge in [-0.05, 0) is 55.2 Å². The Morgan fingerprint density at radius 2 is 1.90 bits per heavy atom. The van der Waals surface area contributed by atoms with Crippen LogP contribution in [0.2, 0.25) is 0 Å². The summed E-state index contributed by atoms with van der Waals surface area (Å²) in [6.45, 7) is 6.61. The third-order valence-corrected chi connectivity index (χ3v) is 6.06. The van der Waals surface area contributed by atoms with E-state index in [1.54, 1.807) is 4.90 Å². The fraction of sp³-hybridized carbons (Fsp3) is 0.333. The van der Waals surface area contributed by atoms with Gasteiger partial charge >= 0.3 is 0 Å². The third-order valence-electron chi connectivity index (χ3n) is 5.56. The molecule has 0 aliphatic carbocycles. The lowest BCUT2D eigenvalue weighted by atomic mass is 9.97. The van der Waals surface area contributed by atoms with Crippen LogP contribution in [0.25, 0.3) is 11.0 Å². The van der Waals surface area contributed by atoms with Gasteiger partial charge in [0.2, 0.25) is 5.76 Å². The van der Waals surface area contributed by atoms with Crippen LogP contribution in [0.5, 0.6) is 0 Å². The molecule has 0 spiro atoms. The summed E-state index contributed by atoms with van der Waals surface area (Å²) < 4.78 is 7.02. The molecule has 0 N–H and O–H groups in total. The van der Waals surface area contributed by atoms with Crippen molar-refractivity contribution in [3.05, 3.63) is 79.1 Å². The number of unbranched alkanes of at least 4 members (excludes halogenated alkanes) is 2. The van der Waals surface area contributed by atoms with Gasteiger partial charge in [-0.15, -0.1) is 0 Å². The summed E-state index contributed by atoms with van der Waals surface area (Å²) in [7, 11) is 0. The number of nitrogens with zero attached hydrogens (tertiary/aromatic N) is 1. The summed E-state index contributed by atoms with van der Waals surface area (Å²) >= 11 is 3.52. The number of benzene rings is 2. The quantitative estimate of drug-likeness (QED) is 0.451. The highest BCUT2D eigenvalue weighted by molar-refractivity contribution is 9.10. The fourth-order valence-electron chi connectivity index (χ4n) is 4.26. The van der Waals surface area contributed by atoms with Gasteiger partial charge in [0, 0.05) is 11.0 Å². The SMILES string of the molecule is CCCCCN1C(=O)c2oc3c(C)cc(C)cc3c(=O)c2C1c1cccc(Br)c1. The second-order valence-electron chi connectivity index (χ2n) is 7.80.